The second-order valence-electron chi connectivity index (χ2n) is 33.0. The number of ether oxygens (including phenoxy) is 2. The number of H-pyrrole nitrogens is 2. The number of aliphatic carboxylic acids is 1. The third-order valence-electron chi connectivity index (χ3n) is 19.5. The minimum absolute atomic E-state index is 0.00565. The number of phenolic OH excluding ortho intramolecular Hbond substituents is 1. The normalized spacial score (nSPS) is 15.8. The molecule has 0 spiro atoms. The fourth-order valence-corrected chi connectivity index (χ4v) is 13.9. The maximum absolute atomic E-state index is 12.3. The number of rotatable bonds is 38. The Kier molecular flexibility index (Phi) is 44.2. The number of imidazole rings is 1. The number of alkyl carbamates (subject to hydrolysis) is 1. The van der Waals surface area contributed by atoms with Crippen LogP contribution >= 0.6 is 22.6 Å². The summed E-state index contributed by atoms with van der Waals surface area (Å²) < 4.78 is 35.2. The van der Waals surface area contributed by atoms with Crippen LogP contribution in [-0.4, -0.2) is 184 Å². The Bertz CT molecular complexity index is 5630. The van der Waals surface area contributed by atoms with Gasteiger partial charge in [-0.15, -0.1) is 0 Å². The van der Waals surface area contributed by atoms with Crippen LogP contribution in [-0.2, 0) is 94.7 Å². The average molecular weight is 2040 g/mol. The largest absolute Gasteiger partial charge is 0.508 e. The number of benzene rings is 6. The molecule has 12 aliphatic rings. The van der Waals surface area contributed by atoms with E-state index >= 15 is 0 Å². The first-order chi connectivity index (χ1) is 66.6. The number of carboxylic acids is 1. The monoisotopic (exact) mass is 2040 g/mol. The van der Waals surface area contributed by atoms with Gasteiger partial charge in [0, 0.05) is 161 Å². The number of carbonyl (C=O) groups excluding carboxylic acids is 5. The summed E-state index contributed by atoms with van der Waals surface area (Å²) in [5.74, 6) is 0.923. The zero-order valence-electron chi connectivity index (χ0n) is 77.2. The van der Waals surface area contributed by atoms with Crippen molar-refractivity contribution < 1.29 is 56.9 Å². The molecule has 0 saturated heterocycles. The van der Waals surface area contributed by atoms with Gasteiger partial charge in [0.2, 0.25) is 17.7 Å². The highest BCUT2D eigenvalue weighted by molar-refractivity contribution is 14.1. The van der Waals surface area contributed by atoms with E-state index in [1.54, 1.807) is 35.5 Å². The van der Waals surface area contributed by atoms with E-state index in [0.717, 1.165) is 141 Å². The second kappa shape index (κ2) is 57.3. The first-order valence-corrected chi connectivity index (χ1v) is 49.3. The van der Waals surface area contributed by atoms with E-state index < -0.39 is 33.2 Å². The third kappa shape index (κ3) is 51.8. The molecule has 0 saturated carbocycles. The maximum Gasteiger partial charge on any atom is 0.419 e. The van der Waals surface area contributed by atoms with Gasteiger partial charge in [0.05, 0.1) is 24.0 Å². The van der Waals surface area contributed by atoms with Gasteiger partial charge in [-0.05, 0) is 165 Å². The highest BCUT2D eigenvalue weighted by Gasteiger charge is 2.27. The number of aromatic hydroxyl groups is 1. The van der Waals surface area contributed by atoms with E-state index in [2.05, 4.69) is 213 Å². The highest BCUT2D eigenvalue weighted by Crippen LogP contribution is 2.30. The van der Waals surface area contributed by atoms with Crippen molar-refractivity contribution in [2.45, 2.75) is 235 Å². The molecule has 12 aliphatic heterocycles. The molecule has 44 nitrogen and oxygen atoms in total. The SMILES string of the molecule is CC(=O)NCCCCC1N=N1.CC(C)(C)OC(=O)n1cc(CC2N=N2)c2ccccc21.CS(=O)CCC1N=N1.Ic1ccc(CC2N=N2)cc1.NC(=O)CC1N=N1.NC(=O)CCCC1N=N1.O=C(NCCCCC1N=N1)OCc1ccccc1.O=C(O)CCC1N=N1.O=S(Cc1ccccc1)CC1N=N1.Oc1ccc(CC2N=N2)cc1.c1ccc2c(CC3N=N3)c[nH]c2c1.c1ncc(CC2N=N2)[nH]1. The van der Waals surface area contributed by atoms with Crippen molar-refractivity contribution in [1.82, 2.24) is 30.2 Å². The number of hydrogen-bond donors (Lipinski definition) is 8. The number of nitrogens with two attached hydrogens (primary N) is 2. The summed E-state index contributed by atoms with van der Waals surface area (Å²) in [6.07, 6.45) is 24.6. The second-order valence-corrected chi connectivity index (χ2v) is 37.3. The van der Waals surface area contributed by atoms with Gasteiger partial charge in [-0.3, -0.25) is 32.2 Å². The van der Waals surface area contributed by atoms with Crippen LogP contribution in [0.1, 0.15) is 150 Å². The molecular weight excluding hydrogens is 1920 g/mol. The Balaban J connectivity index is 0.000000157. The molecule has 9 aromatic rings. The molecule has 2 unspecified atom stereocenters. The number of fused-ring (bicyclic) bond motifs is 2. The number of carboxylic acid groups (broad SMARTS) is 1. The Hall–Kier alpha value is -13.7. The maximum atomic E-state index is 12.3. The molecule has 138 heavy (non-hydrogen) atoms. The van der Waals surface area contributed by atoms with Crippen LogP contribution in [0.4, 0.5) is 9.59 Å². The molecule has 730 valence electrons. The summed E-state index contributed by atoms with van der Waals surface area (Å²) in [5.41, 5.74) is 19.3. The summed E-state index contributed by atoms with van der Waals surface area (Å²) in [4.78, 5) is 74.1. The number of amides is 4. The van der Waals surface area contributed by atoms with Crippen LogP contribution in [0.5, 0.6) is 5.75 Å². The van der Waals surface area contributed by atoms with E-state index in [9.17, 15) is 37.2 Å². The lowest BCUT2D eigenvalue weighted by Gasteiger charge is -2.19. The number of nitrogens with zero attached hydrogens (tertiary/aromatic N) is 26. The Morgan fingerprint density at radius 2 is 0.942 bits per heavy atom. The molecule has 4 amide bonds. The number of aromatic nitrogens is 4. The molecule has 21 rings (SSSR count). The molecule has 47 heteroatoms. The van der Waals surface area contributed by atoms with Gasteiger partial charge in [-0.1, -0.05) is 121 Å². The van der Waals surface area contributed by atoms with Gasteiger partial charge < -0.3 is 51.8 Å². The predicted octanol–water partition coefficient (Wildman–Crippen LogP) is 18.3. The van der Waals surface area contributed by atoms with Crippen molar-refractivity contribution in [3.8, 4) is 5.75 Å². The third-order valence-corrected chi connectivity index (χ3v) is 22.4. The van der Waals surface area contributed by atoms with Gasteiger partial charge in [-0.2, -0.15) is 123 Å². The molecule has 0 aliphatic carbocycles. The van der Waals surface area contributed by atoms with E-state index in [4.69, 9.17) is 31.2 Å². The number of nitrogens with one attached hydrogen (secondary N) is 4. The lowest BCUT2D eigenvalue weighted by atomic mass is 10.1. The quantitative estimate of drug-likeness (QED) is 0.0132. The number of carbonyl (C=O) groups is 6. The minimum Gasteiger partial charge on any atom is -0.508 e. The number of halogens is 1. The van der Waals surface area contributed by atoms with Crippen molar-refractivity contribution in [3.05, 3.63) is 225 Å². The van der Waals surface area contributed by atoms with E-state index in [1.807, 2.05) is 136 Å². The van der Waals surface area contributed by atoms with E-state index in [-0.39, 0.29) is 117 Å². The number of unbranched alkanes of at least 4 members (excludes halogenated alkanes) is 2. The molecule has 0 bridgehead atoms. The number of phenols is 1. The topological polar surface area (TPSA) is 618 Å². The molecule has 0 fully saturated rings. The van der Waals surface area contributed by atoms with Crippen molar-refractivity contribution in [2.75, 3.05) is 30.9 Å². The summed E-state index contributed by atoms with van der Waals surface area (Å²) in [7, 11) is -1.49. The van der Waals surface area contributed by atoms with Crippen LogP contribution in [0.15, 0.2) is 305 Å². The first kappa shape index (κ1) is 106. The fourth-order valence-electron chi connectivity index (χ4n) is 11.8. The number of aromatic amines is 2. The smallest absolute Gasteiger partial charge is 0.419 e. The molecule has 2 atom stereocenters. The zero-order valence-corrected chi connectivity index (χ0v) is 81.0. The molecule has 6 aromatic carbocycles. The predicted molar refractivity (Wildman–Crippen MR) is 521 cm³/mol. The summed E-state index contributed by atoms with van der Waals surface area (Å²) in [6.45, 7) is 8.85. The summed E-state index contributed by atoms with van der Waals surface area (Å²) in [5, 5.41) is 115. The molecule has 3 aromatic heterocycles. The van der Waals surface area contributed by atoms with Crippen LogP contribution in [0, 0.1) is 3.57 Å². The van der Waals surface area contributed by atoms with Crippen LogP contribution < -0.4 is 22.1 Å². The van der Waals surface area contributed by atoms with Gasteiger partial charge in [0.25, 0.3) is 0 Å². The van der Waals surface area contributed by atoms with Gasteiger partial charge in [0.1, 0.15) is 18.0 Å². The Labute approximate surface area is 815 Å². The van der Waals surface area contributed by atoms with Crippen molar-refractivity contribution >= 4 is 102 Å². The highest BCUT2D eigenvalue weighted by atomic mass is 127. The average Bonchev–Trinajstić information content (AvgIpc) is 1.64. The first-order valence-electron chi connectivity index (χ1n) is 45.0. The van der Waals surface area contributed by atoms with Gasteiger partial charge >= 0.3 is 18.2 Å². The summed E-state index contributed by atoms with van der Waals surface area (Å²) in [6, 6.07) is 51.2. The molecule has 0 radical (unpaired) electrons. The van der Waals surface area contributed by atoms with Crippen molar-refractivity contribution in [3.63, 3.8) is 0 Å². The summed E-state index contributed by atoms with van der Waals surface area (Å²) >= 11 is 2.30. The molecule has 15 heterocycles. The van der Waals surface area contributed by atoms with Crippen LogP contribution in [0.25, 0.3) is 21.8 Å². The number of hydrogen-bond acceptors (Lipinski definition) is 36. The fraction of sp³-hybridized carbons (Fsp3) is 0.462. The van der Waals surface area contributed by atoms with Crippen LogP contribution in [0.2, 0.25) is 0 Å². The van der Waals surface area contributed by atoms with Crippen molar-refractivity contribution in [2.24, 2.45) is 134 Å². The van der Waals surface area contributed by atoms with E-state index in [1.165, 1.54) is 32.5 Å². The van der Waals surface area contributed by atoms with Gasteiger partial charge in [0.15, 0.2) is 74.0 Å². The minimum atomic E-state index is -0.826. The standard InChI is InChI=1S/C15H17N3O2.C13H17N3O2.C10H9N3.C9H10N2OS.C8H7IN2.C8H8N2O.C7H13N3O.C5H6N4.C5H9N3O.C4H6N2O2.C4H8N2OS.C3H5N3O/c1-15(2,3)20-14(19)18-9-10(8-13-16-17-13)11-6-4-5-7-12(11)18;17-13(14-9-5-4-8-12-15-16-12)18-10-11-6-2-1-3-7-11;1-2-4-9-8(3-1)7(6-11-9)5-10-12-13-10;12-13(7-9-10-11-9)6-8-4-2-1-3-5-8;9-7-3-1-6(2-4-7)5-8-10-11-8;11-7-3-1-6(2-4-7)5-8-9-10-8;1-6(11)8-5-3-2-4-7-9-10-7;1(5-8-9-5)4-2-6-3-7-4;6-4(9)2-1-3-5-7-8-5;7-4(8)2-1-3-5-6-3;1-8(7)3-2-4-5-6-4;4-2(7)1-3-5-6-3/h4-7,9,13H,8H2,1-3H3;1-3,6-7,12H,4-5,8-10H2,(H,14,17);1-4,6,10-11H,5H2;1-5,9H,6-7H2;1-4,8H,5H2;1-4,8,11H,5H2;7H,2-5H2,1H3,(H,8,11);2-3,5H,1H2,(H,6,7);5H,1-3H2,(H2,6,9);3H,1-2H2,(H,7,8);4H,2-3H2,1H3;3H,1H2,(H2,4,7). The number of para-hydroxylation sites is 2. The Morgan fingerprint density at radius 3 is 1.43 bits per heavy atom. The molecule has 10 N–H and O–H groups in total. The molecular formula is C91H115IN32O12S2. The lowest BCUT2D eigenvalue weighted by Crippen LogP contribution is -2.26. The van der Waals surface area contributed by atoms with Crippen LogP contribution in [0.3, 0.4) is 0 Å². The zero-order chi connectivity index (χ0) is 98.2. The van der Waals surface area contributed by atoms with Gasteiger partial charge in [-0.25, -0.2) is 14.6 Å². The Morgan fingerprint density at radius 1 is 0.478 bits per heavy atom. The van der Waals surface area contributed by atoms with E-state index in [0.29, 0.717) is 43.2 Å². The number of primary amides is 2. The van der Waals surface area contributed by atoms with Crippen molar-refractivity contribution in [1.29, 1.82) is 0 Å². The lowest BCUT2D eigenvalue weighted by molar-refractivity contribution is -0.137.